The highest BCUT2D eigenvalue weighted by molar-refractivity contribution is 5.15. The Balaban J connectivity index is 2.04. The molecule has 0 radical (unpaired) electrons. The van der Waals surface area contributed by atoms with Crippen LogP contribution in [-0.4, -0.2) is 61.1 Å². The maximum atomic E-state index is 11.0. The van der Waals surface area contributed by atoms with Gasteiger partial charge in [-0.15, -0.1) is 0 Å². The Morgan fingerprint density at radius 1 is 1.38 bits per heavy atom. The summed E-state index contributed by atoms with van der Waals surface area (Å²) in [7, 11) is 5.84. The molecule has 1 unspecified atom stereocenters. The summed E-state index contributed by atoms with van der Waals surface area (Å²) < 4.78 is 5.31. The fourth-order valence-corrected chi connectivity index (χ4v) is 3.12. The first kappa shape index (κ1) is 16.0. The van der Waals surface area contributed by atoms with Crippen LogP contribution in [0.25, 0.3) is 0 Å². The molecule has 1 fully saturated rings. The van der Waals surface area contributed by atoms with Gasteiger partial charge in [0.25, 0.3) is 0 Å². The van der Waals surface area contributed by atoms with Crippen molar-refractivity contribution < 1.29 is 9.66 Å². The van der Waals surface area contributed by atoms with Crippen molar-refractivity contribution in [3.63, 3.8) is 0 Å². The molecule has 1 heterocycles. The van der Waals surface area contributed by atoms with Gasteiger partial charge in [0.15, 0.2) is 0 Å². The zero-order chi connectivity index (χ0) is 15.4. The minimum absolute atomic E-state index is 0.209. The lowest BCUT2D eigenvalue weighted by molar-refractivity contribution is -0.427. The first-order chi connectivity index (χ1) is 10.0. The van der Waals surface area contributed by atoms with E-state index in [1.807, 2.05) is 0 Å². The number of piperidine rings is 1. The Morgan fingerprint density at radius 3 is 2.57 bits per heavy atom. The fourth-order valence-electron chi connectivity index (χ4n) is 3.12. The molecule has 0 saturated carbocycles. The molecule has 1 atom stereocenters. The third-order valence-electron chi connectivity index (χ3n) is 4.52. The van der Waals surface area contributed by atoms with Crippen molar-refractivity contribution in [2.45, 2.75) is 37.8 Å². The van der Waals surface area contributed by atoms with E-state index in [0.717, 1.165) is 25.9 Å². The first-order valence-corrected chi connectivity index (χ1v) is 7.50. The average Bonchev–Trinajstić information content (AvgIpc) is 2.70. The molecule has 2 aliphatic rings. The maximum Gasteiger partial charge on any atom is 0.249 e. The Morgan fingerprint density at radius 2 is 2.05 bits per heavy atom. The Labute approximate surface area is 126 Å². The zero-order valence-corrected chi connectivity index (χ0v) is 13.1. The molecule has 0 amide bonds. The molecular weight excluding hydrogens is 270 g/mol. The van der Waals surface area contributed by atoms with Crippen molar-refractivity contribution in [3.05, 3.63) is 33.7 Å². The molecule has 0 aromatic carbocycles. The van der Waals surface area contributed by atoms with Crippen LogP contribution in [0, 0.1) is 10.1 Å². The molecule has 0 N–H and O–H groups in total. The summed E-state index contributed by atoms with van der Waals surface area (Å²) in [5.41, 5.74) is 0.244. The van der Waals surface area contributed by atoms with Crippen LogP contribution >= 0.6 is 0 Å². The average molecular weight is 295 g/mol. The van der Waals surface area contributed by atoms with E-state index >= 15 is 0 Å². The molecule has 1 aliphatic carbocycles. The summed E-state index contributed by atoms with van der Waals surface area (Å²) in [6.45, 7) is 2.06. The largest absolute Gasteiger partial charge is 0.501 e. The topological polar surface area (TPSA) is 58.8 Å². The van der Waals surface area contributed by atoms with E-state index in [2.05, 4.69) is 30.0 Å². The normalized spacial score (nSPS) is 25.2. The third-order valence-corrected chi connectivity index (χ3v) is 4.52. The minimum atomic E-state index is -0.298. The highest BCUT2D eigenvalue weighted by atomic mass is 16.6. The second-order valence-corrected chi connectivity index (χ2v) is 6.00. The van der Waals surface area contributed by atoms with Crippen LogP contribution < -0.4 is 0 Å². The summed E-state index contributed by atoms with van der Waals surface area (Å²) in [4.78, 5) is 15.4. The van der Waals surface area contributed by atoms with Crippen LogP contribution in [0.1, 0.15) is 25.7 Å². The predicted octanol–water partition coefficient (Wildman–Crippen LogP) is 1.87. The zero-order valence-electron chi connectivity index (χ0n) is 13.1. The molecule has 1 saturated heterocycles. The maximum absolute atomic E-state index is 11.0. The van der Waals surface area contributed by atoms with Gasteiger partial charge < -0.3 is 9.64 Å². The summed E-state index contributed by atoms with van der Waals surface area (Å²) >= 11 is 0. The highest BCUT2D eigenvalue weighted by Gasteiger charge is 2.28. The van der Waals surface area contributed by atoms with Crippen LogP contribution in [0.5, 0.6) is 0 Å². The highest BCUT2D eigenvalue weighted by Crippen LogP contribution is 2.25. The van der Waals surface area contributed by atoms with Crippen molar-refractivity contribution in [1.29, 1.82) is 0 Å². The number of hydrogen-bond acceptors (Lipinski definition) is 5. The molecule has 0 aromatic rings. The van der Waals surface area contributed by atoms with E-state index in [1.54, 1.807) is 13.2 Å². The molecular formula is C15H25N3O3. The van der Waals surface area contributed by atoms with Gasteiger partial charge in [-0.05, 0) is 45.5 Å². The fraction of sp³-hybridized carbons (Fsp3) is 0.733. The molecule has 0 bridgehead atoms. The van der Waals surface area contributed by atoms with Gasteiger partial charge in [-0.3, -0.25) is 15.0 Å². The van der Waals surface area contributed by atoms with Crippen molar-refractivity contribution >= 4 is 0 Å². The van der Waals surface area contributed by atoms with Crippen LogP contribution in [-0.2, 0) is 4.74 Å². The Kier molecular flexibility index (Phi) is 5.36. The number of methoxy groups -OCH3 is 1. The monoisotopic (exact) mass is 295 g/mol. The van der Waals surface area contributed by atoms with Gasteiger partial charge in [-0.1, -0.05) is 0 Å². The SMILES string of the molecule is COC1=CC(N2CCC(N(C)C)CC2)CC=C([N+](=O)[O-])C1. The number of likely N-dealkylation sites (tertiary alicyclic amines) is 1. The molecule has 2 rings (SSSR count). The summed E-state index contributed by atoms with van der Waals surface area (Å²) in [5.74, 6) is 0.704. The number of nitrogens with zero attached hydrogens (tertiary/aromatic N) is 3. The van der Waals surface area contributed by atoms with E-state index in [-0.39, 0.29) is 23.1 Å². The number of ether oxygens (including phenoxy) is 1. The van der Waals surface area contributed by atoms with Gasteiger partial charge in [-0.2, -0.15) is 0 Å². The first-order valence-electron chi connectivity index (χ1n) is 7.50. The molecule has 6 heteroatoms. The van der Waals surface area contributed by atoms with E-state index in [9.17, 15) is 10.1 Å². The van der Waals surface area contributed by atoms with Crippen LogP contribution in [0.2, 0.25) is 0 Å². The van der Waals surface area contributed by atoms with E-state index in [4.69, 9.17) is 4.74 Å². The van der Waals surface area contributed by atoms with E-state index in [1.165, 1.54) is 0 Å². The van der Waals surface area contributed by atoms with Gasteiger partial charge in [0.05, 0.1) is 18.5 Å². The van der Waals surface area contributed by atoms with E-state index < -0.39 is 0 Å². The Hall–Kier alpha value is -1.40. The van der Waals surface area contributed by atoms with Crippen molar-refractivity contribution in [1.82, 2.24) is 9.80 Å². The van der Waals surface area contributed by atoms with Gasteiger partial charge in [-0.25, -0.2) is 0 Å². The van der Waals surface area contributed by atoms with E-state index in [0.29, 0.717) is 18.2 Å². The van der Waals surface area contributed by atoms with Crippen molar-refractivity contribution in [2.75, 3.05) is 34.3 Å². The lowest BCUT2D eigenvalue weighted by atomic mass is 10.0. The molecule has 1 aliphatic heterocycles. The number of rotatable bonds is 4. The second kappa shape index (κ2) is 7.04. The van der Waals surface area contributed by atoms with Gasteiger partial charge in [0.1, 0.15) is 5.76 Å². The van der Waals surface area contributed by atoms with Gasteiger partial charge in [0.2, 0.25) is 5.70 Å². The molecule has 6 nitrogen and oxygen atoms in total. The summed E-state index contributed by atoms with van der Waals surface area (Å²) in [6.07, 6.45) is 7.08. The lowest BCUT2D eigenvalue weighted by Crippen LogP contribution is -2.45. The van der Waals surface area contributed by atoms with Gasteiger partial charge >= 0.3 is 0 Å². The summed E-state index contributed by atoms with van der Waals surface area (Å²) in [6, 6.07) is 0.850. The molecule has 118 valence electrons. The van der Waals surface area contributed by atoms with Crippen molar-refractivity contribution in [2.24, 2.45) is 0 Å². The third kappa shape index (κ3) is 4.04. The second-order valence-electron chi connectivity index (χ2n) is 6.00. The number of nitro groups is 1. The number of hydrogen-bond donors (Lipinski definition) is 0. The van der Waals surface area contributed by atoms with Gasteiger partial charge in [0, 0.05) is 25.2 Å². The van der Waals surface area contributed by atoms with Crippen LogP contribution in [0.3, 0.4) is 0 Å². The quantitative estimate of drug-likeness (QED) is 0.585. The molecule has 0 spiro atoms. The molecule has 21 heavy (non-hydrogen) atoms. The Bertz CT molecular complexity index is 437. The predicted molar refractivity (Wildman–Crippen MR) is 81.5 cm³/mol. The van der Waals surface area contributed by atoms with Crippen molar-refractivity contribution in [3.8, 4) is 0 Å². The molecule has 0 aromatic heterocycles. The van der Waals surface area contributed by atoms with Crippen LogP contribution in [0.15, 0.2) is 23.6 Å². The summed E-state index contributed by atoms with van der Waals surface area (Å²) in [5, 5.41) is 11.0. The smallest absolute Gasteiger partial charge is 0.249 e. The lowest BCUT2D eigenvalue weighted by Gasteiger charge is -2.38. The van der Waals surface area contributed by atoms with Crippen LogP contribution in [0.4, 0.5) is 0 Å². The standard InChI is InChI=1S/C15H25N3O3/c1-16(2)12-6-8-17(9-7-12)13-4-5-14(18(19)20)11-15(10-13)21-3/h5,10,12-13H,4,6-9,11H2,1-3H3. The minimum Gasteiger partial charge on any atom is -0.501 e.